The van der Waals surface area contributed by atoms with E-state index in [0.717, 1.165) is 17.8 Å². The first-order valence-electron chi connectivity index (χ1n) is 6.98. The van der Waals surface area contributed by atoms with Gasteiger partial charge in [-0.25, -0.2) is 9.97 Å². The van der Waals surface area contributed by atoms with E-state index in [-0.39, 0.29) is 5.91 Å². The van der Waals surface area contributed by atoms with Crippen molar-refractivity contribution in [3.8, 4) is 0 Å². The largest absolute Gasteiger partial charge is 0.322 e. The Balaban J connectivity index is 2.19. The van der Waals surface area contributed by atoms with E-state index in [1.54, 1.807) is 6.20 Å². The molecule has 4 nitrogen and oxygen atoms in total. The van der Waals surface area contributed by atoms with E-state index in [2.05, 4.69) is 22.2 Å². The van der Waals surface area contributed by atoms with Crippen LogP contribution in [0.5, 0.6) is 0 Å². The van der Waals surface area contributed by atoms with E-state index in [1.165, 1.54) is 17.3 Å². The zero-order valence-electron chi connectivity index (χ0n) is 12.5. The van der Waals surface area contributed by atoms with Gasteiger partial charge >= 0.3 is 0 Å². The first-order valence-corrected chi connectivity index (χ1v) is 8.20. The fraction of sp³-hybridized carbons (Fsp3) is 0.312. The lowest BCUT2D eigenvalue weighted by atomic mass is 10.1. The predicted octanol–water partition coefficient (Wildman–Crippen LogP) is 3.58. The van der Waals surface area contributed by atoms with Crippen molar-refractivity contribution in [1.29, 1.82) is 0 Å². The molecule has 2 rings (SSSR count). The molecule has 0 fully saturated rings. The summed E-state index contributed by atoms with van der Waals surface area (Å²) < 4.78 is 0. The second-order valence-corrected chi connectivity index (χ2v) is 5.35. The number of anilines is 1. The number of aryl methyl sites for hydroxylation is 2. The number of thioether (sulfide) groups is 1. The molecule has 1 heterocycles. The summed E-state index contributed by atoms with van der Waals surface area (Å²) >= 11 is 1.47. The third-order valence-corrected chi connectivity index (χ3v) is 3.79. The molecule has 0 atom stereocenters. The summed E-state index contributed by atoms with van der Waals surface area (Å²) in [6, 6.07) is 7.87. The lowest BCUT2D eigenvalue weighted by Crippen LogP contribution is -2.16. The van der Waals surface area contributed by atoms with Gasteiger partial charge in [0.1, 0.15) is 0 Å². The van der Waals surface area contributed by atoms with E-state index in [9.17, 15) is 4.79 Å². The summed E-state index contributed by atoms with van der Waals surface area (Å²) in [7, 11) is 0. The highest BCUT2D eigenvalue weighted by molar-refractivity contribution is 7.98. The number of nitrogens with one attached hydrogen (secondary N) is 1. The van der Waals surface area contributed by atoms with Crippen LogP contribution in [0.3, 0.4) is 0 Å². The molecule has 0 unspecified atom stereocenters. The maximum absolute atomic E-state index is 12.3. The van der Waals surface area contributed by atoms with Crippen molar-refractivity contribution in [3.63, 3.8) is 0 Å². The van der Waals surface area contributed by atoms with Gasteiger partial charge in [-0.1, -0.05) is 37.7 Å². The van der Waals surface area contributed by atoms with Crippen LogP contribution >= 0.6 is 11.8 Å². The van der Waals surface area contributed by atoms with Crippen LogP contribution in [-0.2, 0) is 12.8 Å². The average molecular weight is 301 g/mol. The third kappa shape index (κ3) is 3.82. The molecule has 0 spiro atoms. The van der Waals surface area contributed by atoms with Crippen molar-refractivity contribution in [3.05, 3.63) is 47.3 Å². The van der Waals surface area contributed by atoms with Gasteiger partial charge in [-0.3, -0.25) is 4.79 Å². The van der Waals surface area contributed by atoms with Crippen molar-refractivity contribution in [2.45, 2.75) is 31.8 Å². The van der Waals surface area contributed by atoms with Gasteiger partial charge in [-0.2, -0.15) is 0 Å². The summed E-state index contributed by atoms with van der Waals surface area (Å²) in [6.07, 6.45) is 5.21. The highest BCUT2D eigenvalue weighted by atomic mass is 32.2. The Morgan fingerprint density at radius 1 is 1.19 bits per heavy atom. The molecule has 1 aromatic heterocycles. The van der Waals surface area contributed by atoms with Crippen LogP contribution in [0.15, 0.2) is 35.6 Å². The summed E-state index contributed by atoms with van der Waals surface area (Å²) in [5.41, 5.74) is 3.34. The highest BCUT2D eigenvalue weighted by Crippen LogP contribution is 2.16. The molecule has 0 saturated carbocycles. The molecule has 5 heteroatoms. The number of hydrogen-bond acceptors (Lipinski definition) is 4. The van der Waals surface area contributed by atoms with Crippen LogP contribution in [0.25, 0.3) is 0 Å². The van der Waals surface area contributed by atoms with Crippen molar-refractivity contribution >= 4 is 23.4 Å². The summed E-state index contributed by atoms with van der Waals surface area (Å²) in [5, 5.41) is 3.59. The number of benzene rings is 1. The van der Waals surface area contributed by atoms with Crippen LogP contribution in [0.1, 0.15) is 35.5 Å². The second-order valence-electron chi connectivity index (χ2n) is 4.58. The maximum Gasteiger partial charge on any atom is 0.259 e. The van der Waals surface area contributed by atoms with E-state index < -0.39 is 0 Å². The molecule has 1 amide bonds. The Hall–Kier alpha value is -1.88. The van der Waals surface area contributed by atoms with Gasteiger partial charge in [0, 0.05) is 11.9 Å². The second kappa shape index (κ2) is 7.22. The Labute approximate surface area is 129 Å². The molecule has 0 aliphatic heterocycles. The Kier molecular flexibility index (Phi) is 5.33. The molecule has 0 radical (unpaired) electrons. The highest BCUT2D eigenvalue weighted by Gasteiger charge is 2.13. The van der Waals surface area contributed by atoms with Crippen molar-refractivity contribution in [2.75, 3.05) is 11.6 Å². The molecular weight excluding hydrogens is 282 g/mol. The molecule has 0 bridgehead atoms. The Morgan fingerprint density at radius 3 is 2.48 bits per heavy atom. The minimum atomic E-state index is -0.163. The fourth-order valence-electron chi connectivity index (χ4n) is 1.98. The average Bonchev–Trinajstić information content (AvgIpc) is 2.54. The van der Waals surface area contributed by atoms with Gasteiger partial charge in [0.15, 0.2) is 5.16 Å². The topological polar surface area (TPSA) is 54.9 Å². The molecule has 1 N–H and O–H groups in total. The van der Waals surface area contributed by atoms with Crippen LogP contribution in [-0.4, -0.2) is 22.1 Å². The predicted molar refractivity (Wildman–Crippen MR) is 87.0 cm³/mol. The number of hydrogen-bond donors (Lipinski definition) is 1. The smallest absolute Gasteiger partial charge is 0.259 e. The molecule has 0 aliphatic carbocycles. The Morgan fingerprint density at radius 2 is 1.90 bits per heavy atom. The van der Waals surface area contributed by atoms with Crippen molar-refractivity contribution in [2.24, 2.45) is 0 Å². The van der Waals surface area contributed by atoms with E-state index in [0.29, 0.717) is 17.1 Å². The number of rotatable bonds is 5. The minimum absolute atomic E-state index is 0.163. The number of aromatic nitrogens is 2. The van der Waals surface area contributed by atoms with Crippen LogP contribution in [0.4, 0.5) is 5.69 Å². The first-order chi connectivity index (χ1) is 10.2. The van der Waals surface area contributed by atoms with Crippen LogP contribution in [0.2, 0.25) is 0 Å². The lowest BCUT2D eigenvalue weighted by Gasteiger charge is -2.09. The summed E-state index contributed by atoms with van der Waals surface area (Å²) in [5.74, 6) is -0.163. The van der Waals surface area contributed by atoms with E-state index >= 15 is 0 Å². The van der Waals surface area contributed by atoms with E-state index in [1.807, 2.05) is 37.4 Å². The van der Waals surface area contributed by atoms with Gasteiger partial charge in [0.05, 0.1) is 11.3 Å². The monoisotopic (exact) mass is 301 g/mol. The zero-order valence-corrected chi connectivity index (χ0v) is 13.3. The first kappa shape index (κ1) is 15.5. The number of nitrogens with zero attached hydrogens (tertiary/aromatic N) is 2. The summed E-state index contributed by atoms with van der Waals surface area (Å²) in [6.45, 7) is 4.09. The molecule has 1 aromatic carbocycles. The van der Waals surface area contributed by atoms with E-state index in [4.69, 9.17) is 0 Å². The molecule has 110 valence electrons. The number of amides is 1. The quantitative estimate of drug-likeness (QED) is 0.677. The fourth-order valence-corrected chi connectivity index (χ4v) is 2.34. The Bertz CT molecular complexity index is 626. The van der Waals surface area contributed by atoms with Crippen LogP contribution < -0.4 is 5.32 Å². The van der Waals surface area contributed by atoms with Gasteiger partial charge in [0.2, 0.25) is 0 Å². The molecular formula is C16H19N3OS. The SMILES string of the molecule is CCc1ccc(NC(=O)c2cnc(SC)nc2CC)cc1. The lowest BCUT2D eigenvalue weighted by molar-refractivity contribution is 0.102. The standard InChI is InChI=1S/C16H19N3OS/c1-4-11-6-8-12(9-7-11)18-15(20)13-10-17-16(21-3)19-14(13)5-2/h6-10H,4-5H2,1-3H3,(H,18,20). The number of carbonyl (C=O) groups is 1. The van der Waals surface area contributed by atoms with Gasteiger partial charge in [-0.15, -0.1) is 0 Å². The van der Waals surface area contributed by atoms with Crippen molar-refractivity contribution < 1.29 is 4.79 Å². The molecule has 0 saturated heterocycles. The van der Waals surface area contributed by atoms with Gasteiger partial charge < -0.3 is 5.32 Å². The maximum atomic E-state index is 12.3. The zero-order chi connectivity index (χ0) is 15.2. The van der Waals surface area contributed by atoms with Gasteiger partial charge in [0.25, 0.3) is 5.91 Å². The third-order valence-electron chi connectivity index (χ3n) is 3.23. The molecule has 0 aliphatic rings. The minimum Gasteiger partial charge on any atom is -0.322 e. The normalized spacial score (nSPS) is 10.4. The van der Waals surface area contributed by atoms with Crippen LogP contribution in [0, 0.1) is 0 Å². The van der Waals surface area contributed by atoms with Gasteiger partial charge in [-0.05, 0) is 36.8 Å². The van der Waals surface area contributed by atoms with Crippen molar-refractivity contribution in [1.82, 2.24) is 9.97 Å². The molecule has 2 aromatic rings. The molecule has 21 heavy (non-hydrogen) atoms. The number of carbonyl (C=O) groups excluding carboxylic acids is 1. The summed E-state index contributed by atoms with van der Waals surface area (Å²) in [4.78, 5) is 20.9.